The third-order valence-electron chi connectivity index (χ3n) is 5.25. The molecular formula is C22H23FN2O2. The van der Waals surface area contributed by atoms with Crippen LogP contribution in [-0.4, -0.2) is 28.1 Å². The predicted molar refractivity (Wildman–Crippen MR) is 101 cm³/mol. The van der Waals surface area contributed by atoms with E-state index in [-0.39, 0.29) is 11.7 Å². The Morgan fingerprint density at radius 1 is 1.07 bits per heavy atom. The Hall–Kier alpha value is -2.50. The van der Waals surface area contributed by atoms with Crippen LogP contribution in [0.4, 0.5) is 4.39 Å². The molecule has 3 aromatic rings. The Labute approximate surface area is 158 Å². The first-order valence-corrected chi connectivity index (χ1v) is 9.35. The largest absolute Gasteiger partial charge is 0.444 e. The van der Waals surface area contributed by atoms with Gasteiger partial charge in [0.15, 0.2) is 0 Å². The van der Waals surface area contributed by atoms with E-state index < -0.39 is 6.10 Å². The minimum Gasteiger partial charge on any atom is -0.444 e. The lowest BCUT2D eigenvalue weighted by Crippen LogP contribution is -2.35. The maximum absolute atomic E-state index is 13.0. The van der Waals surface area contributed by atoms with Gasteiger partial charge in [-0.25, -0.2) is 9.37 Å². The van der Waals surface area contributed by atoms with E-state index in [2.05, 4.69) is 9.88 Å². The summed E-state index contributed by atoms with van der Waals surface area (Å²) in [5.74, 6) is 0.529. The van der Waals surface area contributed by atoms with Gasteiger partial charge in [-0.3, -0.25) is 4.90 Å². The first-order chi connectivity index (χ1) is 13.2. The normalized spacial score (nSPS) is 17.1. The Kier molecular flexibility index (Phi) is 5.32. The second kappa shape index (κ2) is 8.03. The highest BCUT2D eigenvalue weighted by Gasteiger charge is 2.26. The second-order valence-electron chi connectivity index (χ2n) is 7.12. The first kappa shape index (κ1) is 17.9. The summed E-state index contributed by atoms with van der Waals surface area (Å²) >= 11 is 0. The summed E-state index contributed by atoms with van der Waals surface area (Å²) in [5, 5.41) is 10.6. The average molecular weight is 366 g/mol. The number of halogens is 1. The second-order valence-corrected chi connectivity index (χ2v) is 7.12. The van der Waals surface area contributed by atoms with Crippen LogP contribution < -0.4 is 0 Å². The van der Waals surface area contributed by atoms with Crippen molar-refractivity contribution in [3.8, 4) is 11.5 Å². The third-order valence-corrected chi connectivity index (χ3v) is 5.25. The van der Waals surface area contributed by atoms with Crippen molar-refractivity contribution in [3.05, 3.63) is 77.9 Å². The maximum Gasteiger partial charge on any atom is 0.226 e. The van der Waals surface area contributed by atoms with Crippen molar-refractivity contribution < 1.29 is 13.9 Å². The molecule has 1 unspecified atom stereocenters. The van der Waals surface area contributed by atoms with Gasteiger partial charge in [0.25, 0.3) is 0 Å². The Morgan fingerprint density at radius 3 is 2.48 bits per heavy atom. The van der Waals surface area contributed by atoms with E-state index in [4.69, 9.17) is 4.42 Å². The SMILES string of the molecule is OC(c1ccccc1)C1CCN(Cc2coc(-c3ccc(F)cc3)n2)CC1. The molecule has 1 atom stereocenters. The van der Waals surface area contributed by atoms with Gasteiger partial charge in [-0.1, -0.05) is 30.3 Å². The summed E-state index contributed by atoms with van der Waals surface area (Å²) in [6.07, 6.45) is 3.19. The van der Waals surface area contributed by atoms with E-state index in [1.54, 1.807) is 18.4 Å². The molecule has 27 heavy (non-hydrogen) atoms. The molecular weight excluding hydrogens is 343 g/mol. The van der Waals surface area contributed by atoms with Gasteiger partial charge in [0, 0.05) is 12.1 Å². The number of oxazole rings is 1. The van der Waals surface area contributed by atoms with Gasteiger partial charge in [-0.05, 0) is 61.7 Å². The molecule has 0 bridgehead atoms. The van der Waals surface area contributed by atoms with Crippen LogP contribution >= 0.6 is 0 Å². The molecule has 140 valence electrons. The minimum atomic E-state index is -0.398. The molecule has 0 saturated carbocycles. The molecule has 1 aliphatic heterocycles. The molecule has 5 heteroatoms. The van der Waals surface area contributed by atoms with E-state index in [1.807, 2.05) is 30.3 Å². The molecule has 2 heterocycles. The van der Waals surface area contributed by atoms with Crippen molar-refractivity contribution in [1.82, 2.24) is 9.88 Å². The fourth-order valence-electron chi connectivity index (χ4n) is 3.68. The van der Waals surface area contributed by atoms with Gasteiger partial charge >= 0.3 is 0 Å². The van der Waals surface area contributed by atoms with E-state index in [0.29, 0.717) is 5.89 Å². The highest BCUT2D eigenvalue weighted by molar-refractivity contribution is 5.52. The molecule has 1 saturated heterocycles. The van der Waals surface area contributed by atoms with Crippen LogP contribution in [0.5, 0.6) is 0 Å². The lowest BCUT2D eigenvalue weighted by molar-refractivity contribution is 0.0564. The van der Waals surface area contributed by atoms with Crippen LogP contribution in [0.15, 0.2) is 65.3 Å². The topological polar surface area (TPSA) is 49.5 Å². The summed E-state index contributed by atoms with van der Waals surface area (Å²) in [6.45, 7) is 2.57. The van der Waals surface area contributed by atoms with Crippen molar-refractivity contribution in [2.75, 3.05) is 13.1 Å². The molecule has 0 aliphatic carbocycles. The number of benzene rings is 2. The molecule has 1 fully saturated rings. The summed E-state index contributed by atoms with van der Waals surface area (Å²) in [6, 6.07) is 16.0. The minimum absolute atomic E-state index is 0.272. The standard InChI is InChI=1S/C22H23FN2O2/c23-19-8-6-18(7-9-19)22-24-20(15-27-22)14-25-12-10-17(11-13-25)21(26)16-4-2-1-3-5-16/h1-9,15,17,21,26H,10-14H2. The zero-order valence-electron chi connectivity index (χ0n) is 15.1. The lowest BCUT2D eigenvalue weighted by atomic mass is 9.87. The summed E-state index contributed by atoms with van der Waals surface area (Å²) in [7, 11) is 0. The fourth-order valence-corrected chi connectivity index (χ4v) is 3.68. The molecule has 1 N–H and O–H groups in total. The molecule has 0 radical (unpaired) electrons. The van der Waals surface area contributed by atoms with Crippen LogP contribution in [0.1, 0.15) is 30.2 Å². The highest BCUT2D eigenvalue weighted by Crippen LogP contribution is 2.31. The number of nitrogens with zero attached hydrogens (tertiary/aromatic N) is 2. The monoisotopic (exact) mass is 366 g/mol. The summed E-state index contributed by atoms with van der Waals surface area (Å²) in [4.78, 5) is 6.86. The molecule has 0 amide bonds. The van der Waals surface area contributed by atoms with Crippen molar-refractivity contribution in [2.45, 2.75) is 25.5 Å². The number of hydrogen-bond donors (Lipinski definition) is 1. The van der Waals surface area contributed by atoms with Gasteiger partial charge in [0.05, 0.1) is 11.8 Å². The van der Waals surface area contributed by atoms with E-state index >= 15 is 0 Å². The number of hydrogen-bond acceptors (Lipinski definition) is 4. The van der Waals surface area contributed by atoms with Gasteiger partial charge < -0.3 is 9.52 Å². The zero-order chi connectivity index (χ0) is 18.6. The Balaban J connectivity index is 1.32. The first-order valence-electron chi connectivity index (χ1n) is 9.35. The van der Waals surface area contributed by atoms with Crippen molar-refractivity contribution in [2.24, 2.45) is 5.92 Å². The summed E-state index contributed by atoms with van der Waals surface area (Å²) < 4.78 is 18.6. The van der Waals surface area contributed by atoms with Gasteiger partial charge in [0.1, 0.15) is 12.1 Å². The molecule has 2 aromatic carbocycles. The number of aromatic nitrogens is 1. The quantitative estimate of drug-likeness (QED) is 0.726. The lowest BCUT2D eigenvalue weighted by Gasteiger charge is -2.33. The van der Waals surface area contributed by atoms with Crippen molar-refractivity contribution >= 4 is 0 Å². The van der Waals surface area contributed by atoms with E-state index in [0.717, 1.165) is 49.3 Å². The zero-order valence-corrected chi connectivity index (χ0v) is 15.1. The smallest absolute Gasteiger partial charge is 0.226 e. The predicted octanol–water partition coefficient (Wildman–Crippen LogP) is 4.43. The van der Waals surface area contributed by atoms with E-state index in [1.165, 1.54) is 12.1 Å². The van der Waals surface area contributed by atoms with Crippen LogP contribution in [0.2, 0.25) is 0 Å². The van der Waals surface area contributed by atoms with Crippen LogP contribution in [-0.2, 0) is 6.54 Å². The third kappa shape index (κ3) is 4.26. The van der Waals surface area contributed by atoms with Crippen molar-refractivity contribution in [1.29, 1.82) is 0 Å². The summed E-state index contributed by atoms with van der Waals surface area (Å²) in [5.41, 5.74) is 2.64. The molecule has 4 nitrogen and oxygen atoms in total. The van der Waals surface area contributed by atoms with E-state index in [9.17, 15) is 9.50 Å². The van der Waals surface area contributed by atoms with Gasteiger partial charge in [-0.15, -0.1) is 0 Å². The number of likely N-dealkylation sites (tertiary alicyclic amines) is 1. The molecule has 1 aromatic heterocycles. The van der Waals surface area contributed by atoms with Crippen LogP contribution in [0, 0.1) is 11.7 Å². The Bertz CT molecular complexity index is 856. The molecule has 4 rings (SSSR count). The maximum atomic E-state index is 13.0. The number of aliphatic hydroxyl groups is 1. The average Bonchev–Trinajstić information content (AvgIpc) is 3.18. The van der Waals surface area contributed by atoms with Gasteiger partial charge in [0.2, 0.25) is 5.89 Å². The number of piperidine rings is 1. The Morgan fingerprint density at radius 2 is 1.78 bits per heavy atom. The van der Waals surface area contributed by atoms with Gasteiger partial charge in [-0.2, -0.15) is 0 Å². The fraction of sp³-hybridized carbons (Fsp3) is 0.318. The van der Waals surface area contributed by atoms with Crippen LogP contribution in [0.25, 0.3) is 11.5 Å². The molecule has 0 spiro atoms. The van der Waals surface area contributed by atoms with Crippen LogP contribution in [0.3, 0.4) is 0 Å². The number of aliphatic hydroxyl groups excluding tert-OH is 1. The number of rotatable bonds is 5. The van der Waals surface area contributed by atoms with Crippen molar-refractivity contribution in [3.63, 3.8) is 0 Å². The highest BCUT2D eigenvalue weighted by atomic mass is 19.1. The molecule has 1 aliphatic rings.